The first-order valence-corrected chi connectivity index (χ1v) is 7.28. The molecule has 2 heterocycles. The van der Waals surface area contributed by atoms with Crippen LogP contribution in [0.1, 0.15) is 19.4 Å². The summed E-state index contributed by atoms with van der Waals surface area (Å²) in [6.07, 6.45) is 0. The van der Waals surface area contributed by atoms with Gasteiger partial charge in [-0.1, -0.05) is 13.8 Å². The first-order chi connectivity index (χ1) is 9.61. The summed E-state index contributed by atoms with van der Waals surface area (Å²) in [4.78, 5) is 4.63. The second-order valence-corrected chi connectivity index (χ2v) is 5.85. The third-order valence-electron chi connectivity index (χ3n) is 3.44. The Kier molecular flexibility index (Phi) is 3.50. The van der Waals surface area contributed by atoms with Gasteiger partial charge in [-0.3, -0.25) is 0 Å². The second-order valence-electron chi connectivity index (χ2n) is 5.06. The number of hydrogen-bond donors (Lipinski definition) is 0. The first kappa shape index (κ1) is 13.5. The van der Waals surface area contributed by atoms with Crippen molar-refractivity contribution in [2.45, 2.75) is 19.9 Å². The van der Waals surface area contributed by atoms with Crippen molar-refractivity contribution in [2.75, 3.05) is 20.5 Å². The van der Waals surface area contributed by atoms with Crippen LogP contribution >= 0.6 is 15.9 Å². The molecule has 0 saturated carbocycles. The van der Waals surface area contributed by atoms with Gasteiger partial charge in [-0.25, -0.2) is 4.99 Å². The van der Waals surface area contributed by atoms with Gasteiger partial charge in [-0.2, -0.15) is 0 Å². The van der Waals surface area contributed by atoms with E-state index in [4.69, 9.17) is 18.9 Å². The minimum absolute atomic E-state index is 0.188. The van der Waals surface area contributed by atoms with Crippen LogP contribution in [0.2, 0.25) is 0 Å². The SMILES string of the molecule is COc1c(Br)c(C2=N[C@@H](C(C)C)CO2)cc2c1OCO2. The van der Waals surface area contributed by atoms with Crippen LogP contribution in [0.25, 0.3) is 0 Å². The molecule has 0 saturated heterocycles. The molecule has 0 amide bonds. The molecule has 1 atom stereocenters. The zero-order valence-electron chi connectivity index (χ0n) is 11.6. The molecule has 0 unspecified atom stereocenters. The molecule has 0 spiro atoms. The Morgan fingerprint density at radius 1 is 1.35 bits per heavy atom. The van der Waals surface area contributed by atoms with Crippen LogP contribution in [0.5, 0.6) is 17.2 Å². The number of aliphatic imine (C=N–C) groups is 1. The Morgan fingerprint density at radius 3 is 2.80 bits per heavy atom. The standard InChI is InChI=1S/C14H16BrNO4/c1-7(2)9-5-18-14(16-9)8-4-10-12(20-6-19-10)13(17-3)11(8)15/h4,7,9H,5-6H2,1-3H3/t9-/m1/s1. The van der Waals surface area contributed by atoms with E-state index in [-0.39, 0.29) is 12.8 Å². The van der Waals surface area contributed by atoms with Crippen LogP contribution in [0.4, 0.5) is 0 Å². The number of ether oxygens (including phenoxy) is 4. The summed E-state index contributed by atoms with van der Waals surface area (Å²) in [6, 6.07) is 2.06. The zero-order chi connectivity index (χ0) is 14.3. The quantitative estimate of drug-likeness (QED) is 0.847. The van der Waals surface area contributed by atoms with Crippen molar-refractivity contribution in [2.24, 2.45) is 10.9 Å². The van der Waals surface area contributed by atoms with Gasteiger partial charge in [0.1, 0.15) is 6.61 Å². The predicted molar refractivity (Wildman–Crippen MR) is 77.9 cm³/mol. The lowest BCUT2D eigenvalue weighted by molar-refractivity contribution is 0.171. The van der Waals surface area contributed by atoms with Gasteiger partial charge in [-0.05, 0) is 27.9 Å². The minimum atomic E-state index is 0.188. The van der Waals surface area contributed by atoms with E-state index in [1.54, 1.807) is 7.11 Å². The fraction of sp³-hybridized carbons (Fsp3) is 0.500. The molecule has 20 heavy (non-hydrogen) atoms. The molecule has 0 bridgehead atoms. The number of fused-ring (bicyclic) bond motifs is 1. The highest BCUT2D eigenvalue weighted by atomic mass is 79.9. The number of halogens is 1. The van der Waals surface area contributed by atoms with E-state index in [0.29, 0.717) is 35.7 Å². The van der Waals surface area contributed by atoms with Crippen LogP contribution in [0.3, 0.4) is 0 Å². The van der Waals surface area contributed by atoms with Crippen molar-refractivity contribution in [3.8, 4) is 17.2 Å². The first-order valence-electron chi connectivity index (χ1n) is 6.49. The Balaban J connectivity index is 2.05. The van der Waals surface area contributed by atoms with E-state index in [9.17, 15) is 0 Å². The third-order valence-corrected chi connectivity index (χ3v) is 4.22. The molecule has 0 aliphatic carbocycles. The van der Waals surface area contributed by atoms with Crippen LogP contribution in [0.15, 0.2) is 15.5 Å². The molecule has 5 nitrogen and oxygen atoms in total. The van der Waals surface area contributed by atoms with Crippen LogP contribution < -0.4 is 14.2 Å². The van der Waals surface area contributed by atoms with Gasteiger partial charge in [-0.15, -0.1) is 0 Å². The maximum atomic E-state index is 5.72. The molecule has 0 N–H and O–H groups in total. The van der Waals surface area contributed by atoms with E-state index < -0.39 is 0 Å². The fourth-order valence-electron chi connectivity index (χ4n) is 2.21. The average molecular weight is 342 g/mol. The number of methoxy groups -OCH3 is 1. The van der Waals surface area contributed by atoms with Gasteiger partial charge in [0.25, 0.3) is 0 Å². The normalized spacial score (nSPS) is 20.1. The van der Waals surface area contributed by atoms with Crippen LogP contribution in [-0.2, 0) is 4.74 Å². The van der Waals surface area contributed by atoms with Crippen molar-refractivity contribution >= 4 is 21.8 Å². The van der Waals surface area contributed by atoms with E-state index in [0.717, 1.165) is 10.0 Å². The number of benzene rings is 1. The van der Waals surface area contributed by atoms with E-state index in [1.165, 1.54) is 0 Å². The molecule has 6 heteroatoms. The summed E-state index contributed by atoms with van der Waals surface area (Å²) >= 11 is 3.54. The van der Waals surface area contributed by atoms with E-state index >= 15 is 0 Å². The Morgan fingerprint density at radius 2 is 2.15 bits per heavy atom. The zero-order valence-corrected chi connectivity index (χ0v) is 13.2. The highest BCUT2D eigenvalue weighted by Gasteiger charge is 2.30. The largest absolute Gasteiger partial charge is 0.492 e. The van der Waals surface area contributed by atoms with Crippen molar-refractivity contribution in [3.63, 3.8) is 0 Å². The average Bonchev–Trinajstić information content (AvgIpc) is 3.06. The van der Waals surface area contributed by atoms with Gasteiger partial charge in [0.2, 0.25) is 18.4 Å². The summed E-state index contributed by atoms with van der Waals surface area (Å²) in [5.41, 5.74) is 0.828. The maximum absolute atomic E-state index is 5.72. The van der Waals surface area contributed by atoms with Gasteiger partial charge in [0, 0.05) is 0 Å². The minimum Gasteiger partial charge on any atom is -0.492 e. The van der Waals surface area contributed by atoms with Gasteiger partial charge in [0.15, 0.2) is 11.5 Å². The Bertz CT molecular complexity index is 571. The summed E-state index contributed by atoms with van der Waals surface area (Å²) in [5.74, 6) is 2.94. The Labute approximate surface area is 126 Å². The molecule has 0 radical (unpaired) electrons. The highest BCUT2D eigenvalue weighted by molar-refractivity contribution is 9.10. The molecule has 2 aliphatic heterocycles. The molecular weight excluding hydrogens is 326 g/mol. The topological polar surface area (TPSA) is 49.3 Å². The smallest absolute Gasteiger partial charge is 0.231 e. The lowest BCUT2D eigenvalue weighted by Gasteiger charge is -2.11. The lowest BCUT2D eigenvalue weighted by Crippen LogP contribution is -2.13. The monoisotopic (exact) mass is 341 g/mol. The van der Waals surface area contributed by atoms with Gasteiger partial charge in [0.05, 0.1) is 23.2 Å². The van der Waals surface area contributed by atoms with Crippen LogP contribution in [0, 0.1) is 5.92 Å². The highest BCUT2D eigenvalue weighted by Crippen LogP contribution is 2.47. The molecule has 0 aromatic heterocycles. The molecular formula is C14H16BrNO4. The predicted octanol–water partition coefficient (Wildman–Crippen LogP) is 2.99. The molecule has 3 rings (SSSR count). The third kappa shape index (κ3) is 2.12. The summed E-state index contributed by atoms with van der Waals surface area (Å²) < 4.78 is 22.7. The Hall–Kier alpha value is -1.43. The molecule has 1 aromatic rings. The van der Waals surface area contributed by atoms with Crippen molar-refractivity contribution in [1.29, 1.82) is 0 Å². The number of hydrogen-bond acceptors (Lipinski definition) is 5. The van der Waals surface area contributed by atoms with Crippen LogP contribution in [-0.4, -0.2) is 32.4 Å². The molecule has 108 valence electrons. The lowest BCUT2D eigenvalue weighted by atomic mass is 10.1. The van der Waals surface area contributed by atoms with Crippen molar-refractivity contribution in [1.82, 2.24) is 0 Å². The molecule has 0 fully saturated rings. The van der Waals surface area contributed by atoms with Crippen molar-refractivity contribution < 1.29 is 18.9 Å². The summed E-state index contributed by atoms with van der Waals surface area (Å²) in [6.45, 7) is 5.07. The van der Waals surface area contributed by atoms with Gasteiger partial charge < -0.3 is 18.9 Å². The summed E-state index contributed by atoms with van der Waals surface area (Å²) in [7, 11) is 1.60. The second kappa shape index (κ2) is 5.16. The van der Waals surface area contributed by atoms with E-state index in [2.05, 4.69) is 34.8 Å². The van der Waals surface area contributed by atoms with Crippen molar-refractivity contribution in [3.05, 3.63) is 16.1 Å². The fourth-order valence-corrected chi connectivity index (χ4v) is 2.83. The van der Waals surface area contributed by atoms with Gasteiger partial charge >= 0.3 is 0 Å². The summed E-state index contributed by atoms with van der Waals surface area (Å²) in [5, 5.41) is 0. The molecule has 2 aliphatic rings. The number of rotatable bonds is 3. The maximum Gasteiger partial charge on any atom is 0.231 e. The molecule has 1 aromatic carbocycles. The van der Waals surface area contributed by atoms with E-state index in [1.807, 2.05) is 6.07 Å². The number of nitrogens with zero attached hydrogens (tertiary/aromatic N) is 1.